The van der Waals surface area contributed by atoms with E-state index in [9.17, 15) is 0 Å². The first-order valence-electron chi connectivity index (χ1n) is 5.86. The lowest BCUT2D eigenvalue weighted by atomic mass is 9.82. The van der Waals surface area contributed by atoms with Crippen molar-refractivity contribution in [1.29, 1.82) is 0 Å². The van der Waals surface area contributed by atoms with Crippen LogP contribution in [-0.2, 0) is 0 Å². The van der Waals surface area contributed by atoms with Crippen molar-refractivity contribution in [1.82, 2.24) is 5.32 Å². The normalized spacial score (nSPS) is 28.8. The van der Waals surface area contributed by atoms with Gasteiger partial charge in [0.25, 0.3) is 0 Å². The highest BCUT2D eigenvalue weighted by molar-refractivity contribution is 5.25. The number of hydrogen-bond acceptors (Lipinski definition) is 1. The molecule has 0 fully saturated rings. The Morgan fingerprint density at radius 1 is 1.23 bits per heavy atom. The minimum absolute atomic E-state index is 0.744. The zero-order valence-electron chi connectivity index (χ0n) is 8.73. The summed E-state index contributed by atoms with van der Waals surface area (Å²) in [7, 11) is 0. The van der Waals surface area contributed by atoms with Gasteiger partial charge in [-0.3, -0.25) is 0 Å². The molecule has 1 aliphatic heterocycles. The van der Waals surface area contributed by atoms with E-state index in [0.717, 1.165) is 6.04 Å². The lowest BCUT2D eigenvalue weighted by molar-refractivity contribution is 0.454. The fourth-order valence-corrected chi connectivity index (χ4v) is 2.78. The third kappa shape index (κ3) is 1.96. The lowest BCUT2D eigenvalue weighted by Crippen LogP contribution is -2.37. The van der Waals surface area contributed by atoms with Gasteiger partial charge in [-0.15, -0.1) is 0 Å². The molecule has 0 aromatic carbocycles. The summed E-state index contributed by atoms with van der Waals surface area (Å²) in [5, 5.41) is 3.66. The Labute approximate surface area is 81.6 Å². The fraction of sp³-hybridized carbons (Fsp3) is 0.833. The van der Waals surface area contributed by atoms with E-state index in [1.54, 1.807) is 5.57 Å². The lowest BCUT2D eigenvalue weighted by Gasteiger charge is -2.32. The highest BCUT2D eigenvalue weighted by atomic mass is 14.9. The van der Waals surface area contributed by atoms with Crippen molar-refractivity contribution in [3.8, 4) is 0 Å². The molecule has 1 unspecified atom stereocenters. The summed E-state index contributed by atoms with van der Waals surface area (Å²) in [5.74, 6) is 0. The van der Waals surface area contributed by atoms with E-state index in [0.29, 0.717) is 0 Å². The maximum atomic E-state index is 3.66. The average molecular weight is 179 g/mol. The standard InChI is InChI=1S/C12H21N/c1-2-5-12-11-7-4-3-6-10(11)8-9-13-12/h12-13H,2-9H2,1H3. The van der Waals surface area contributed by atoms with Crippen LogP contribution in [0, 0.1) is 0 Å². The third-order valence-corrected chi connectivity index (χ3v) is 3.44. The first-order valence-corrected chi connectivity index (χ1v) is 5.86. The van der Waals surface area contributed by atoms with Crippen molar-refractivity contribution < 1.29 is 0 Å². The molecule has 0 aromatic rings. The number of rotatable bonds is 2. The van der Waals surface area contributed by atoms with Crippen molar-refractivity contribution in [2.75, 3.05) is 6.54 Å². The van der Waals surface area contributed by atoms with Crippen LogP contribution < -0.4 is 5.32 Å². The summed E-state index contributed by atoms with van der Waals surface area (Å²) < 4.78 is 0. The molecule has 0 saturated carbocycles. The maximum Gasteiger partial charge on any atom is 0.0282 e. The molecule has 0 bridgehead atoms. The molecule has 13 heavy (non-hydrogen) atoms. The average Bonchev–Trinajstić information content (AvgIpc) is 2.19. The summed E-state index contributed by atoms with van der Waals surface area (Å²) in [6.45, 7) is 3.52. The summed E-state index contributed by atoms with van der Waals surface area (Å²) in [6.07, 6.45) is 9.64. The van der Waals surface area contributed by atoms with Gasteiger partial charge in [-0.2, -0.15) is 0 Å². The summed E-state index contributed by atoms with van der Waals surface area (Å²) in [6, 6.07) is 0.744. The Morgan fingerprint density at radius 3 is 2.92 bits per heavy atom. The molecule has 1 aliphatic carbocycles. The monoisotopic (exact) mass is 179 g/mol. The van der Waals surface area contributed by atoms with Crippen LogP contribution in [0.2, 0.25) is 0 Å². The number of hydrogen-bond donors (Lipinski definition) is 1. The van der Waals surface area contributed by atoms with Gasteiger partial charge in [0, 0.05) is 6.04 Å². The zero-order chi connectivity index (χ0) is 9.10. The van der Waals surface area contributed by atoms with Gasteiger partial charge in [0.1, 0.15) is 0 Å². The van der Waals surface area contributed by atoms with Crippen molar-refractivity contribution >= 4 is 0 Å². The largest absolute Gasteiger partial charge is 0.310 e. The van der Waals surface area contributed by atoms with Crippen LogP contribution in [0.15, 0.2) is 11.1 Å². The number of nitrogens with one attached hydrogen (secondary N) is 1. The molecule has 2 rings (SSSR count). The van der Waals surface area contributed by atoms with Crippen molar-refractivity contribution in [3.05, 3.63) is 11.1 Å². The first-order chi connectivity index (χ1) is 6.42. The highest BCUT2D eigenvalue weighted by Crippen LogP contribution is 2.32. The van der Waals surface area contributed by atoms with Crippen LogP contribution in [0.1, 0.15) is 51.9 Å². The Bertz CT molecular complexity index is 201. The minimum Gasteiger partial charge on any atom is -0.310 e. The molecule has 2 aliphatic rings. The van der Waals surface area contributed by atoms with Gasteiger partial charge in [-0.05, 0) is 45.1 Å². The molecule has 1 heterocycles. The maximum absolute atomic E-state index is 3.66. The van der Waals surface area contributed by atoms with E-state index < -0.39 is 0 Å². The summed E-state index contributed by atoms with van der Waals surface area (Å²) in [5.41, 5.74) is 3.60. The molecule has 1 nitrogen and oxygen atoms in total. The van der Waals surface area contributed by atoms with E-state index in [-0.39, 0.29) is 0 Å². The van der Waals surface area contributed by atoms with Crippen LogP contribution >= 0.6 is 0 Å². The van der Waals surface area contributed by atoms with Crippen LogP contribution in [0.3, 0.4) is 0 Å². The molecular formula is C12H21N. The van der Waals surface area contributed by atoms with Crippen molar-refractivity contribution in [2.45, 2.75) is 57.9 Å². The van der Waals surface area contributed by atoms with E-state index in [2.05, 4.69) is 12.2 Å². The predicted octanol–water partition coefficient (Wildman–Crippen LogP) is 3.02. The van der Waals surface area contributed by atoms with Gasteiger partial charge in [-0.1, -0.05) is 24.5 Å². The molecule has 0 amide bonds. The Morgan fingerprint density at radius 2 is 2.08 bits per heavy atom. The SMILES string of the molecule is CCCC1NCCC2=C1CCCC2. The van der Waals surface area contributed by atoms with Gasteiger partial charge in [-0.25, -0.2) is 0 Å². The Kier molecular flexibility index (Phi) is 3.05. The predicted molar refractivity (Wildman–Crippen MR) is 56.8 cm³/mol. The van der Waals surface area contributed by atoms with E-state index in [1.165, 1.54) is 51.5 Å². The van der Waals surface area contributed by atoms with Gasteiger partial charge in [0.15, 0.2) is 0 Å². The second-order valence-corrected chi connectivity index (χ2v) is 4.38. The van der Waals surface area contributed by atoms with E-state index in [1.807, 2.05) is 5.57 Å². The first kappa shape index (κ1) is 9.26. The Balaban J connectivity index is 2.10. The second kappa shape index (κ2) is 4.28. The van der Waals surface area contributed by atoms with Gasteiger partial charge >= 0.3 is 0 Å². The molecule has 74 valence electrons. The second-order valence-electron chi connectivity index (χ2n) is 4.38. The van der Waals surface area contributed by atoms with Crippen LogP contribution in [-0.4, -0.2) is 12.6 Å². The van der Waals surface area contributed by atoms with Gasteiger partial charge < -0.3 is 5.32 Å². The third-order valence-electron chi connectivity index (χ3n) is 3.44. The van der Waals surface area contributed by atoms with Crippen molar-refractivity contribution in [3.63, 3.8) is 0 Å². The molecular weight excluding hydrogens is 158 g/mol. The Hall–Kier alpha value is -0.300. The smallest absolute Gasteiger partial charge is 0.0282 e. The molecule has 1 heteroatoms. The zero-order valence-corrected chi connectivity index (χ0v) is 8.73. The van der Waals surface area contributed by atoms with E-state index in [4.69, 9.17) is 0 Å². The molecule has 0 spiro atoms. The molecule has 0 radical (unpaired) electrons. The van der Waals surface area contributed by atoms with Crippen LogP contribution in [0.5, 0.6) is 0 Å². The van der Waals surface area contributed by atoms with Crippen molar-refractivity contribution in [2.24, 2.45) is 0 Å². The summed E-state index contributed by atoms with van der Waals surface area (Å²) in [4.78, 5) is 0. The highest BCUT2D eigenvalue weighted by Gasteiger charge is 2.23. The molecule has 0 aromatic heterocycles. The molecule has 0 saturated heterocycles. The summed E-state index contributed by atoms with van der Waals surface area (Å²) >= 11 is 0. The van der Waals surface area contributed by atoms with E-state index >= 15 is 0 Å². The molecule has 1 N–H and O–H groups in total. The van der Waals surface area contributed by atoms with Gasteiger partial charge in [0.05, 0.1) is 0 Å². The van der Waals surface area contributed by atoms with Crippen LogP contribution in [0.25, 0.3) is 0 Å². The minimum atomic E-state index is 0.744. The van der Waals surface area contributed by atoms with Crippen LogP contribution in [0.4, 0.5) is 0 Å². The quantitative estimate of drug-likeness (QED) is 0.642. The fourth-order valence-electron chi connectivity index (χ4n) is 2.78. The molecule has 1 atom stereocenters. The van der Waals surface area contributed by atoms with Gasteiger partial charge in [0.2, 0.25) is 0 Å². The topological polar surface area (TPSA) is 12.0 Å².